The summed E-state index contributed by atoms with van der Waals surface area (Å²) >= 11 is 0. The van der Waals surface area contributed by atoms with Crippen molar-refractivity contribution in [1.29, 1.82) is 0 Å². The Morgan fingerprint density at radius 1 is 1.41 bits per heavy atom. The second kappa shape index (κ2) is 3.04. The average molecular weight is 237 g/mol. The minimum Gasteiger partial charge on any atom is -0.335 e. The van der Waals surface area contributed by atoms with E-state index in [-0.39, 0.29) is 12.8 Å². The fraction of sp³-hybridized carbons (Fsp3) is 0.417. The molecule has 90 valence electrons. The van der Waals surface area contributed by atoms with Crippen LogP contribution in [0.15, 0.2) is 24.5 Å². The Kier molecular flexibility index (Phi) is 1.91. The number of nitrogens with two attached hydrogens (primary N) is 1. The minimum absolute atomic E-state index is 0.284. The van der Waals surface area contributed by atoms with Crippen LogP contribution in [0.2, 0.25) is 0 Å². The molecule has 1 fully saturated rings. The van der Waals surface area contributed by atoms with Gasteiger partial charge in [-0.15, -0.1) is 0 Å². The SMILES string of the molecule is Cn1cc(C2(N)CC(F)(F)C2)c2cccnc21. The van der Waals surface area contributed by atoms with E-state index in [1.807, 2.05) is 23.9 Å². The van der Waals surface area contributed by atoms with Gasteiger partial charge < -0.3 is 10.3 Å². The zero-order valence-electron chi connectivity index (χ0n) is 9.45. The van der Waals surface area contributed by atoms with Gasteiger partial charge in [-0.25, -0.2) is 13.8 Å². The summed E-state index contributed by atoms with van der Waals surface area (Å²) in [5, 5.41) is 0.869. The maximum Gasteiger partial charge on any atom is 0.252 e. The van der Waals surface area contributed by atoms with Gasteiger partial charge >= 0.3 is 0 Å². The highest BCUT2D eigenvalue weighted by molar-refractivity contribution is 5.81. The number of pyridine rings is 1. The molecule has 2 aromatic rings. The van der Waals surface area contributed by atoms with Crippen LogP contribution in [0.1, 0.15) is 18.4 Å². The van der Waals surface area contributed by atoms with E-state index in [2.05, 4.69) is 4.98 Å². The van der Waals surface area contributed by atoms with Gasteiger partial charge in [0.05, 0.1) is 5.54 Å². The molecule has 0 atom stereocenters. The maximum absolute atomic E-state index is 13.0. The molecule has 3 nitrogen and oxygen atoms in total. The molecule has 0 radical (unpaired) electrons. The largest absolute Gasteiger partial charge is 0.335 e. The van der Waals surface area contributed by atoms with E-state index in [0.29, 0.717) is 0 Å². The Morgan fingerprint density at radius 3 is 2.76 bits per heavy atom. The third kappa shape index (κ3) is 1.45. The summed E-state index contributed by atoms with van der Waals surface area (Å²) in [6.07, 6.45) is 2.93. The molecular formula is C12H13F2N3. The maximum atomic E-state index is 13.0. The number of hydrogen-bond acceptors (Lipinski definition) is 2. The molecule has 0 bridgehead atoms. The molecule has 2 N–H and O–H groups in total. The normalized spacial score (nSPS) is 21.4. The number of hydrogen-bond donors (Lipinski definition) is 1. The third-order valence-electron chi connectivity index (χ3n) is 3.42. The molecule has 1 saturated carbocycles. The van der Waals surface area contributed by atoms with Crippen LogP contribution in [0.3, 0.4) is 0 Å². The Hall–Kier alpha value is -1.49. The summed E-state index contributed by atoms with van der Waals surface area (Å²) < 4.78 is 27.9. The van der Waals surface area contributed by atoms with E-state index in [9.17, 15) is 8.78 Å². The Labute approximate surface area is 97.2 Å². The fourth-order valence-electron chi connectivity index (χ4n) is 2.67. The quantitative estimate of drug-likeness (QED) is 0.826. The summed E-state index contributed by atoms with van der Waals surface area (Å²) in [5.74, 6) is -2.63. The Morgan fingerprint density at radius 2 is 2.12 bits per heavy atom. The molecule has 3 rings (SSSR count). The topological polar surface area (TPSA) is 43.8 Å². The number of halogens is 2. The molecule has 2 heterocycles. The van der Waals surface area contributed by atoms with Gasteiger partial charge in [0.25, 0.3) is 5.92 Å². The van der Waals surface area contributed by atoms with Crippen LogP contribution in [-0.2, 0) is 12.6 Å². The zero-order chi connectivity index (χ0) is 12.3. The van der Waals surface area contributed by atoms with E-state index in [1.165, 1.54) is 0 Å². The monoisotopic (exact) mass is 237 g/mol. The van der Waals surface area contributed by atoms with Crippen molar-refractivity contribution in [1.82, 2.24) is 9.55 Å². The lowest BCUT2D eigenvalue weighted by Crippen LogP contribution is -2.55. The van der Waals surface area contributed by atoms with Crippen molar-refractivity contribution in [3.05, 3.63) is 30.1 Å². The summed E-state index contributed by atoms with van der Waals surface area (Å²) in [6, 6.07) is 3.68. The summed E-state index contributed by atoms with van der Waals surface area (Å²) in [4.78, 5) is 4.23. The number of aromatic nitrogens is 2. The second-order valence-corrected chi connectivity index (χ2v) is 4.89. The van der Waals surface area contributed by atoms with Crippen molar-refractivity contribution in [3.8, 4) is 0 Å². The second-order valence-electron chi connectivity index (χ2n) is 4.89. The molecule has 2 aromatic heterocycles. The van der Waals surface area contributed by atoms with Gasteiger partial charge in [0.1, 0.15) is 5.65 Å². The van der Waals surface area contributed by atoms with Gasteiger partial charge in [0.15, 0.2) is 0 Å². The highest BCUT2D eigenvalue weighted by Crippen LogP contribution is 2.51. The summed E-state index contributed by atoms with van der Waals surface area (Å²) in [5.41, 5.74) is 6.70. The van der Waals surface area contributed by atoms with Crippen LogP contribution in [0.25, 0.3) is 11.0 Å². The van der Waals surface area contributed by atoms with Crippen LogP contribution in [0.5, 0.6) is 0 Å². The first-order valence-electron chi connectivity index (χ1n) is 5.49. The number of alkyl halides is 2. The highest BCUT2D eigenvalue weighted by atomic mass is 19.3. The summed E-state index contributed by atoms with van der Waals surface area (Å²) in [6.45, 7) is 0. The van der Waals surface area contributed by atoms with Crippen LogP contribution < -0.4 is 5.73 Å². The van der Waals surface area contributed by atoms with Crippen LogP contribution >= 0.6 is 0 Å². The van der Waals surface area contributed by atoms with Gasteiger partial charge in [0.2, 0.25) is 0 Å². The van der Waals surface area contributed by atoms with Crippen molar-refractivity contribution in [2.45, 2.75) is 24.3 Å². The standard InChI is InChI=1S/C12H13F2N3/c1-17-5-9(8-3-2-4-16-10(8)17)11(15)6-12(13,14)7-11/h2-5H,6-7,15H2,1H3. The molecule has 17 heavy (non-hydrogen) atoms. The fourth-order valence-corrected chi connectivity index (χ4v) is 2.67. The van der Waals surface area contributed by atoms with E-state index in [0.717, 1.165) is 16.6 Å². The van der Waals surface area contributed by atoms with Gasteiger partial charge in [-0.3, -0.25) is 0 Å². The first-order valence-corrected chi connectivity index (χ1v) is 5.49. The van der Waals surface area contributed by atoms with Gasteiger partial charge in [-0.2, -0.15) is 0 Å². The van der Waals surface area contributed by atoms with Crippen molar-refractivity contribution in [3.63, 3.8) is 0 Å². The molecule has 0 aromatic carbocycles. The molecule has 5 heteroatoms. The minimum atomic E-state index is -2.63. The zero-order valence-corrected chi connectivity index (χ0v) is 9.45. The van der Waals surface area contributed by atoms with E-state index in [1.54, 1.807) is 12.3 Å². The number of rotatable bonds is 1. The predicted molar refractivity (Wildman–Crippen MR) is 60.8 cm³/mol. The predicted octanol–water partition coefficient (Wildman–Crippen LogP) is 2.16. The van der Waals surface area contributed by atoms with Gasteiger partial charge in [-0.1, -0.05) is 0 Å². The molecule has 0 saturated heterocycles. The Balaban J connectivity index is 2.13. The van der Waals surface area contributed by atoms with E-state index in [4.69, 9.17) is 5.73 Å². The van der Waals surface area contributed by atoms with Gasteiger partial charge in [-0.05, 0) is 17.7 Å². The Bertz CT molecular complexity index is 580. The third-order valence-corrected chi connectivity index (χ3v) is 3.42. The summed E-state index contributed by atoms with van der Waals surface area (Å²) in [7, 11) is 1.85. The lowest BCUT2D eigenvalue weighted by Gasteiger charge is -2.44. The number of aryl methyl sites for hydroxylation is 1. The van der Waals surface area contributed by atoms with Crippen LogP contribution in [-0.4, -0.2) is 15.5 Å². The van der Waals surface area contributed by atoms with Gasteiger partial charge in [0, 0.05) is 37.7 Å². The lowest BCUT2D eigenvalue weighted by atomic mass is 9.70. The first-order chi connectivity index (χ1) is 7.91. The molecule has 0 aliphatic heterocycles. The van der Waals surface area contributed by atoms with Crippen molar-refractivity contribution in [2.75, 3.05) is 0 Å². The molecule has 0 spiro atoms. The van der Waals surface area contributed by atoms with E-state index >= 15 is 0 Å². The number of nitrogens with zero attached hydrogens (tertiary/aromatic N) is 2. The molecule has 0 amide bonds. The smallest absolute Gasteiger partial charge is 0.252 e. The highest BCUT2D eigenvalue weighted by Gasteiger charge is 2.56. The van der Waals surface area contributed by atoms with Crippen molar-refractivity contribution >= 4 is 11.0 Å². The average Bonchev–Trinajstić information content (AvgIpc) is 2.55. The number of fused-ring (bicyclic) bond motifs is 1. The molecule has 1 aliphatic carbocycles. The van der Waals surface area contributed by atoms with Crippen molar-refractivity contribution < 1.29 is 8.78 Å². The lowest BCUT2D eigenvalue weighted by molar-refractivity contribution is -0.124. The van der Waals surface area contributed by atoms with Crippen LogP contribution in [0.4, 0.5) is 8.78 Å². The van der Waals surface area contributed by atoms with Crippen molar-refractivity contribution in [2.24, 2.45) is 12.8 Å². The van der Waals surface area contributed by atoms with E-state index < -0.39 is 11.5 Å². The van der Waals surface area contributed by atoms with Crippen LogP contribution in [0, 0.1) is 0 Å². The molecular weight excluding hydrogens is 224 g/mol. The molecule has 1 aliphatic rings. The first kappa shape index (κ1) is 10.7. The molecule has 0 unspecified atom stereocenters.